The second kappa shape index (κ2) is 6.04. The number of rotatable bonds is 5. The highest BCUT2D eigenvalue weighted by Gasteiger charge is 2.33. The monoisotopic (exact) mass is 255 g/mol. The topological polar surface area (TPSA) is 93.5 Å². The Balaban J connectivity index is 1.61. The summed E-state index contributed by atoms with van der Waals surface area (Å²) in [5.74, 6) is 0.523. The lowest BCUT2D eigenvalue weighted by Gasteiger charge is -2.28. The molecule has 2 unspecified atom stereocenters. The molecule has 2 heterocycles. The Morgan fingerprint density at radius 3 is 2.56 bits per heavy atom. The zero-order valence-electron chi connectivity index (χ0n) is 10.5. The second-order valence-corrected chi connectivity index (χ2v) is 5.20. The summed E-state index contributed by atoms with van der Waals surface area (Å²) >= 11 is 0. The first kappa shape index (κ1) is 13.1. The molecule has 6 heteroatoms. The van der Waals surface area contributed by atoms with Crippen LogP contribution in [-0.2, 0) is 9.53 Å². The molecular weight excluding hydrogens is 234 g/mol. The third-order valence-corrected chi connectivity index (χ3v) is 3.71. The number of ether oxygens (including phenoxy) is 1. The molecule has 0 radical (unpaired) electrons. The van der Waals surface area contributed by atoms with Crippen LogP contribution >= 0.6 is 0 Å². The van der Waals surface area contributed by atoms with Crippen LogP contribution in [-0.4, -0.2) is 37.2 Å². The van der Waals surface area contributed by atoms with Gasteiger partial charge in [0.15, 0.2) is 0 Å². The van der Waals surface area contributed by atoms with E-state index in [2.05, 4.69) is 15.4 Å². The van der Waals surface area contributed by atoms with Gasteiger partial charge >= 0.3 is 6.09 Å². The molecular formula is C12H21N3O3. The van der Waals surface area contributed by atoms with Gasteiger partial charge in [-0.05, 0) is 31.6 Å². The fourth-order valence-electron chi connectivity index (χ4n) is 3.02. The Morgan fingerprint density at radius 2 is 1.94 bits per heavy atom. The molecule has 2 atom stereocenters. The SMILES string of the molecule is NC(=O)OCCNC(=O)CC1CC2CCC(C1)N2. The van der Waals surface area contributed by atoms with Crippen molar-refractivity contribution in [1.82, 2.24) is 10.6 Å². The smallest absolute Gasteiger partial charge is 0.404 e. The molecule has 2 amide bonds. The van der Waals surface area contributed by atoms with E-state index in [4.69, 9.17) is 5.73 Å². The summed E-state index contributed by atoms with van der Waals surface area (Å²) in [6.07, 6.45) is 4.46. The Hall–Kier alpha value is -1.30. The molecule has 0 aromatic heterocycles. The molecule has 0 aromatic carbocycles. The first-order valence-electron chi connectivity index (χ1n) is 6.58. The van der Waals surface area contributed by atoms with Gasteiger partial charge in [0.05, 0.1) is 6.54 Å². The summed E-state index contributed by atoms with van der Waals surface area (Å²) in [6.45, 7) is 0.470. The van der Waals surface area contributed by atoms with Crippen molar-refractivity contribution < 1.29 is 14.3 Å². The quantitative estimate of drug-likeness (QED) is 0.608. The van der Waals surface area contributed by atoms with Crippen molar-refractivity contribution >= 4 is 12.0 Å². The van der Waals surface area contributed by atoms with Crippen molar-refractivity contribution in [2.45, 2.75) is 44.2 Å². The van der Waals surface area contributed by atoms with Gasteiger partial charge < -0.3 is 21.1 Å². The van der Waals surface area contributed by atoms with Crippen molar-refractivity contribution in [1.29, 1.82) is 0 Å². The Morgan fingerprint density at radius 1 is 1.28 bits per heavy atom. The minimum absolute atomic E-state index is 0.0365. The lowest BCUT2D eigenvalue weighted by atomic mass is 9.89. The Kier molecular flexibility index (Phi) is 4.41. The summed E-state index contributed by atoms with van der Waals surface area (Å²) in [6, 6.07) is 1.22. The largest absolute Gasteiger partial charge is 0.448 e. The van der Waals surface area contributed by atoms with Crippen molar-refractivity contribution in [2.75, 3.05) is 13.2 Å². The zero-order valence-corrected chi connectivity index (χ0v) is 10.5. The van der Waals surface area contributed by atoms with E-state index >= 15 is 0 Å². The van der Waals surface area contributed by atoms with E-state index in [9.17, 15) is 9.59 Å². The molecule has 2 rings (SSSR count). The summed E-state index contributed by atoms with van der Waals surface area (Å²) in [5.41, 5.74) is 4.82. The minimum atomic E-state index is -0.806. The number of nitrogens with two attached hydrogens (primary N) is 1. The third-order valence-electron chi connectivity index (χ3n) is 3.71. The van der Waals surface area contributed by atoms with Crippen LogP contribution in [0.1, 0.15) is 32.1 Å². The van der Waals surface area contributed by atoms with Gasteiger partial charge in [0.1, 0.15) is 6.61 Å². The predicted octanol–water partition coefficient (Wildman–Crippen LogP) is 0.119. The highest BCUT2D eigenvalue weighted by Crippen LogP contribution is 2.32. The maximum atomic E-state index is 11.7. The Bertz CT molecular complexity index is 310. The molecule has 2 aliphatic rings. The molecule has 18 heavy (non-hydrogen) atoms. The lowest BCUT2D eigenvalue weighted by molar-refractivity contribution is -0.122. The van der Waals surface area contributed by atoms with Crippen LogP contribution in [0.3, 0.4) is 0 Å². The van der Waals surface area contributed by atoms with Gasteiger partial charge in [0.2, 0.25) is 5.91 Å². The molecule has 0 saturated carbocycles. The van der Waals surface area contributed by atoms with E-state index in [0.29, 0.717) is 31.0 Å². The first-order chi connectivity index (χ1) is 8.63. The number of hydrogen-bond acceptors (Lipinski definition) is 4. The predicted molar refractivity (Wildman–Crippen MR) is 65.8 cm³/mol. The number of fused-ring (bicyclic) bond motifs is 2. The first-order valence-corrected chi connectivity index (χ1v) is 6.58. The highest BCUT2D eigenvalue weighted by molar-refractivity contribution is 5.76. The Labute approximate surface area is 107 Å². The van der Waals surface area contributed by atoms with Crippen molar-refractivity contribution in [3.63, 3.8) is 0 Å². The van der Waals surface area contributed by atoms with Gasteiger partial charge in [-0.15, -0.1) is 0 Å². The van der Waals surface area contributed by atoms with E-state index in [1.165, 1.54) is 12.8 Å². The number of piperidine rings is 1. The fourth-order valence-corrected chi connectivity index (χ4v) is 3.02. The van der Waals surface area contributed by atoms with E-state index in [0.717, 1.165) is 12.8 Å². The number of carbonyl (C=O) groups excluding carboxylic acids is 2. The zero-order chi connectivity index (χ0) is 13.0. The van der Waals surface area contributed by atoms with Crippen molar-refractivity contribution in [2.24, 2.45) is 11.7 Å². The standard InChI is InChI=1S/C12H21N3O3/c13-12(17)18-4-3-14-11(16)7-8-5-9-1-2-10(6-8)15-9/h8-10,15H,1-7H2,(H2,13,17)(H,14,16). The molecule has 6 nitrogen and oxygen atoms in total. The highest BCUT2D eigenvalue weighted by atomic mass is 16.5. The molecule has 2 aliphatic heterocycles. The van der Waals surface area contributed by atoms with Gasteiger partial charge in [-0.1, -0.05) is 0 Å². The number of primary amides is 1. The molecule has 102 valence electrons. The van der Waals surface area contributed by atoms with E-state index in [-0.39, 0.29) is 12.5 Å². The van der Waals surface area contributed by atoms with Gasteiger partial charge in [-0.2, -0.15) is 0 Å². The van der Waals surface area contributed by atoms with Gasteiger partial charge in [-0.3, -0.25) is 4.79 Å². The van der Waals surface area contributed by atoms with E-state index < -0.39 is 6.09 Å². The van der Waals surface area contributed by atoms with Crippen LogP contribution in [0.25, 0.3) is 0 Å². The van der Waals surface area contributed by atoms with Crippen LogP contribution in [0.15, 0.2) is 0 Å². The maximum Gasteiger partial charge on any atom is 0.404 e. The van der Waals surface area contributed by atoms with E-state index in [1.54, 1.807) is 0 Å². The lowest BCUT2D eigenvalue weighted by Crippen LogP contribution is -2.40. The molecule has 2 saturated heterocycles. The third kappa shape index (κ3) is 3.87. The average molecular weight is 255 g/mol. The summed E-state index contributed by atoms with van der Waals surface area (Å²) in [5, 5.41) is 6.30. The minimum Gasteiger partial charge on any atom is -0.448 e. The number of nitrogens with one attached hydrogen (secondary N) is 2. The summed E-state index contributed by atoms with van der Waals surface area (Å²) in [4.78, 5) is 22.0. The summed E-state index contributed by atoms with van der Waals surface area (Å²) in [7, 11) is 0. The van der Waals surface area contributed by atoms with Crippen LogP contribution < -0.4 is 16.4 Å². The molecule has 0 aromatic rings. The van der Waals surface area contributed by atoms with Gasteiger partial charge in [0, 0.05) is 18.5 Å². The van der Waals surface area contributed by atoms with Crippen molar-refractivity contribution in [3.05, 3.63) is 0 Å². The van der Waals surface area contributed by atoms with Crippen LogP contribution in [0.4, 0.5) is 4.79 Å². The van der Waals surface area contributed by atoms with Crippen molar-refractivity contribution in [3.8, 4) is 0 Å². The van der Waals surface area contributed by atoms with Crippen LogP contribution in [0.5, 0.6) is 0 Å². The number of hydrogen-bond donors (Lipinski definition) is 3. The fraction of sp³-hybridized carbons (Fsp3) is 0.833. The van der Waals surface area contributed by atoms with Gasteiger partial charge in [-0.25, -0.2) is 4.79 Å². The maximum absolute atomic E-state index is 11.7. The van der Waals surface area contributed by atoms with Crippen LogP contribution in [0.2, 0.25) is 0 Å². The van der Waals surface area contributed by atoms with E-state index in [1.807, 2.05) is 0 Å². The molecule has 4 N–H and O–H groups in total. The summed E-state index contributed by atoms with van der Waals surface area (Å²) < 4.78 is 4.54. The van der Waals surface area contributed by atoms with Gasteiger partial charge in [0.25, 0.3) is 0 Å². The number of carbonyl (C=O) groups is 2. The molecule has 2 fully saturated rings. The average Bonchev–Trinajstić information content (AvgIpc) is 2.64. The normalized spacial score (nSPS) is 29.9. The molecule has 0 aliphatic carbocycles. The molecule has 2 bridgehead atoms. The van der Waals surface area contributed by atoms with Crippen LogP contribution in [0, 0.1) is 5.92 Å². The second-order valence-electron chi connectivity index (χ2n) is 5.20. The number of amides is 2. The molecule has 0 spiro atoms.